The van der Waals surface area contributed by atoms with Crippen molar-refractivity contribution < 1.29 is 14.3 Å². The van der Waals surface area contributed by atoms with E-state index >= 15 is 0 Å². The number of rotatable bonds is 7. The zero-order chi connectivity index (χ0) is 22.5. The third kappa shape index (κ3) is 5.61. The van der Waals surface area contributed by atoms with Crippen LogP contribution in [0.15, 0.2) is 48.5 Å². The van der Waals surface area contributed by atoms with Gasteiger partial charge in [-0.2, -0.15) is 0 Å². The largest absolute Gasteiger partial charge is 0.496 e. The molecule has 2 heterocycles. The number of halogens is 1. The molecule has 170 valence electrons. The summed E-state index contributed by atoms with van der Waals surface area (Å²) in [6.45, 7) is 0.365. The van der Waals surface area contributed by atoms with Gasteiger partial charge in [0.15, 0.2) is 0 Å². The van der Waals surface area contributed by atoms with Crippen molar-refractivity contribution in [3.8, 4) is 5.75 Å². The van der Waals surface area contributed by atoms with Gasteiger partial charge in [-0.3, -0.25) is 14.5 Å². The molecule has 2 amide bonds. The van der Waals surface area contributed by atoms with Crippen molar-refractivity contribution >= 4 is 29.1 Å². The molecule has 2 aromatic carbocycles. The van der Waals surface area contributed by atoms with Crippen LogP contribution in [0.3, 0.4) is 0 Å². The van der Waals surface area contributed by atoms with Crippen LogP contribution in [0, 0.1) is 0 Å². The van der Waals surface area contributed by atoms with Crippen LogP contribution >= 0.6 is 11.6 Å². The number of amides is 2. The SMILES string of the molecule is COc1ccccc1CC(=O)NC1CC2CCCC(C1)N2CC(=O)Nc1cccc(Cl)c1. The molecule has 2 unspecified atom stereocenters. The van der Waals surface area contributed by atoms with E-state index in [-0.39, 0.29) is 17.9 Å². The van der Waals surface area contributed by atoms with Gasteiger partial charge < -0.3 is 15.4 Å². The Hall–Kier alpha value is -2.57. The van der Waals surface area contributed by atoms with Crippen LogP contribution in [0.5, 0.6) is 5.75 Å². The van der Waals surface area contributed by atoms with Gasteiger partial charge in [0.2, 0.25) is 11.8 Å². The molecule has 7 heteroatoms. The molecule has 4 rings (SSSR count). The Balaban J connectivity index is 1.33. The van der Waals surface area contributed by atoms with Gasteiger partial charge in [0.1, 0.15) is 5.75 Å². The molecule has 0 spiro atoms. The zero-order valence-corrected chi connectivity index (χ0v) is 19.1. The maximum absolute atomic E-state index is 12.7. The van der Waals surface area contributed by atoms with Gasteiger partial charge in [0.05, 0.1) is 20.1 Å². The number of anilines is 1. The minimum absolute atomic E-state index is 0.0183. The van der Waals surface area contributed by atoms with Crippen LogP contribution in [-0.2, 0) is 16.0 Å². The highest BCUT2D eigenvalue weighted by atomic mass is 35.5. The first-order chi connectivity index (χ1) is 15.5. The Kier molecular flexibility index (Phi) is 7.33. The number of benzene rings is 2. The van der Waals surface area contributed by atoms with Crippen LogP contribution in [0.25, 0.3) is 0 Å². The quantitative estimate of drug-likeness (QED) is 0.661. The lowest BCUT2D eigenvalue weighted by atomic mass is 9.81. The fourth-order valence-corrected chi connectivity index (χ4v) is 5.28. The number of carbonyl (C=O) groups is 2. The summed E-state index contributed by atoms with van der Waals surface area (Å²) in [6, 6.07) is 15.6. The fraction of sp³-hybridized carbons (Fsp3) is 0.440. The molecule has 0 saturated carbocycles. The molecule has 2 fully saturated rings. The van der Waals surface area contributed by atoms with Crippen LogP contribution in [0.1, 0.15) is 37.7 Å². The van der Waals surface area contributed by atoms with E-state index in [9.17, 15) is 9.59 Å². The summed E-state index contributed by atoms with van der Waals surface area (Å²) in [7, 11) is 1.62. The number of methoxy groups -OCH3 is 1. The van der Waals surface area contributed by atoms with Crippen molar-refractivity contribution in [1.29, 1.82) is 0 Å². The lowest BCUT2D eigenvalue weighted by molar-refractivity contribution is -0.124. The first-order valence-corrected chi connectivity index (χ1v) is 11.6. The molecule has 2 saturated heterocycles. The lowest BCUT2D eigenvalue weighted by Crippen LogP contribution is -2.58. The van der Waals surface area contributed by atoms with Gasteiger partial charge in [0, 0.05) is 34.4 Å². The van der Waals surface area contributed by atoms with Crippen molar-refractivity contribution in [2.75, 3.05) is 19.0 Å². The van der Waals surface area contributed by atoms with Gasteiger partial charge in [-0.15, -0.1) is 0 Å². The predicted octanol–water partition coefficient (Wildman–Crippen LogP) is 4.03. The zero-order valence-electron chi connectivity index (χ0n) is 18.4. The first kappa shape index (κ1) is 22.6. The molecule has 2 atom stereocenters. The number of hydrogen-bond donors (Lipinski definition) is 2. The Morgan fingerprint density at radius 3 is 2.53 bits per heavy atom. The summed E-state index contributed by atoms with van der Waals surface area (Å²) in [4.78, 5) is 27.7. The minimum atomic E-state index is -0.0252. The standard InChI is InChI=1S/C25H30ClN3O3/c1-32-23-11-3-2-6-17(23)12-24(30)28-20-14-21-9-5-10-22(15-20)29(21)16-25(31)27-19-8-4-7-18(26)13-19/h2-4,6-8,11,13,20-22H,5,9-10,12,14-16H2,1H3,(H,27,31)(H,28,30). The highest BCUT2D eigenvalue weighted by molar-refractivity contribution is 6.30. The van der Waals surface area contributed by atoms with E-state index in [0.717, 1.165) is 37.0 Å². The van der Waals surface area contributed by atoms with Gasteiger partial charge in [-0.25, -0.2) is 0 Å². The van der Waals surface area contributed by atoms with Crippen LogP contribution < -0.4 is 15.4 Å². The number of para-hydroxylation sites is 1. The molecule has 0 aromatic heterocycles. The second-order valence-electron chi connectivity index (χ2n) is 8.69. The topological polar surface area (TPSA) is 70.7 Å². The minimum Gasteiger partial charge on any atom is -0.496 e. The van der Waals surface area contributed by atoms with E-state index in [4.69, 9.17) is 16.3 Å². The summed E-state index contributed by atoms with van der Waals surface area (Å²) in [5, 5.41) is 6.79. The second-order valence-corrected chi connectivity index (χ2v) is 9.13. The van der Waals surface area contributed by atoms with E-state index < -0.39 is 0 Å². The molecular weight excluding hydrogens is 426 g/mol. The first-order valence-electron chi connectivity index (χ1n) is 11.2. The van der Waals surface area contributed by atoms with E-state index in [1.807, 2.05) is 36.4 Å². The molecule has 32 heavy (non-hydrogen) atoms. The highest BCUT2D eigenvalue weighted by Crippen LogP contribution is 2.34. The molecule has 0 aliphatic carbocycles. The van der Waals surface area contributed by atoms with Gasteiger partial charge >= 0.3 is 0 Å². The number of ether oxygens (including phenoxy) is 1. The number of piperidine rings is 2. The third-order valence-corrected chi connectivity index (χ3v) is 6.70. The van der Waals surface area contributed by atoms with E-state index in [1.54, 1.807) is 19.2 Å². The number of carbonyl (C=O) groups excluding carboxylic acids is 2. The maximum atomic E-state index is 12.7. The normalized spacial score (nSPS) is 22.8. The average Bonchev–Trinajstić information content (AvgIpc) is 2.74. The Bertz CT molecular complexity index is 953. The molecule has 2 aliphatic rings. The van der Waals surface area contributed by atoms with E-state index in [2.05, 4.69) is 15.5 Å². The number of nitrogens with one attached hydrogen (secondary N) is 2. The molecule has 0 radical (unpaired) electrons. The number of hydrogen-bond acceptors (Lipinski definition) is 4. The Morgan fingerprint density at radius 1 is 1.06 bits per heavy atom. The lowest BCUT2D eigenvalue weighted by Gasteiger charge is -2.48. The fourth-order valence-electron chi connectivity index (χ4n) is 5.09. The second kappa shape index (κ2) is 10.4. The summed E-state index contributed by atoms with van der Waals surface area (Å²) in [5.41, 5.74) is 1.61. The van der Waals surface area contributed by atoms with Crippen LogP contribution in [-0.4, -0.2) is 48.5 Å². The third-order valence-electron chi connectivity index (χ3n) is 6.47. The number of fused-ring (bicyclic) bond motifs is 2. The summed E-state index contributed by atoms with van der Waals surface area (Å²) in [5.74, 6) is 0.729. The smallest absolute Gasteiger partial charge is 0.238 e. The monoisotopic (exact) mass is 455 g/mol. The van der Waals surface area contributed by atoms with Crippen LogP contribution in [0.2, 0.25) is 5.02 Å². The van der Waals surface area contributed by atoms with Crippen molar-refractivity contribution in [1.82, 2.24) is 10.2 Å². The summed E-state index contributed by atoms with van der Waals surface area (Å²) in [6.07, 6.45) is 5.34. The Morgan fingerprint density at radius 2 is 1.81 bits per heavy atom. The molecule has 2 aliphatic heterocycles. The maximum Gasteiger partial charge on any atom is 0.238 e. The predicted molar refractivity (Wildman–Crippen MR) is 126 cm³/mol. The molecule has 2 bridgehead atoms. The Labute approximate surface area is 194 Å². The van der Waals surface area contributed by atoms with Crippen LogP contribution in [0.4, 0.5) is 5.69 Å². The van der Waals surface area contributed by atoms with Gasteiger partial charge in [-0.05, 0) is 49.9 Å². The highest BCUT2D eigenvalue weighted by Gasteiger charge is 2.39. The van der Waals surface area contributed by atoms with Gasteiger partial charge in [-0.1, -0.05) is 42.3 Å². The van der Waals surface area contributed by atoms with Gasteiger partial charge in [0.25, 0.3) is 0 Å². The van der Waals surface area contributed by atoms with Crippen molar-refractivity contribution in [2.45, 2.75) is 56.7 Å². The molecule has 6 nitrogen and oxygen atoms in total. The number of nitrogens with zero attached hydrogens (tertiary/aromatic N) is 1. The van der Waals surface area contributed by atoms with Crippen molar-refractivity contribution in [3.63, 3.8) is 0 Å². The molecular formula is C25H30ClN3O3. The average molecular weight is 456 g/mol. The molecule has 2 aromatic rings. The summed E-state index contributed by atoms with van der Waals surface area (Å²) >= 11 is 6.02. The van der Waals surface area contributed by atoms with E-state index in [1.165, 1.54) is 6.42 Å². The van der Waals surface area contributed by atoms with Crippen molar-refractivity contribution in [2.24, 2.45) is 0 Å². The summed E-state index contributed by atoms with van der Waals surface area (Å²) < 4.78 is 5.37. The van der Waals surface area contributed by atoms with Crippen molar-refractivity contribution in [3.05, 3.63) is 59.1 Å². The van der Waals surface area contributed by atoms with E-state index in [0.29, 0.717) is 35.8 Å². The molecule has 2 N–H and O–H groups in total.